The number of benzene rings is 1. The minimum Gasteiger partial charge on any atom is -0.336 e. The van der Waals surface area contributed by atoms with Gasteiger partial charge >= 0.3 is 0 Å². The van der Waals surface area contributed by atoms with E-state index in [4.69, 9.17) is 0 Å². The highest BCUT2D eigenvalue weighted by molar-refractivity contribution is 5.94. The van der Waals surface area contributed by atoms with Gasteiger partial charge in [0.2, 0.25) is 0 Å². The number of amides is 1. The Morgan fingerprint density at radius 1 is 1.11 bits per heavy atom. The van der Waals surface area contributed by atoms with Crippen LogP contribution in [-0.4, -0.2) is 83.0 Å². The number of piperazine rings is 2. The van der Waals surface area contributed by atoms with Crippen LogP contribution in [0.25, 0.3) is 0 Å². The second-order valence-electron chi connectivity index (χ2n) is 7.89. The quantitative estimate of drug-likeness (QED) is 0.854. The van der Waals surface area contributed by atoms with Gasteiger partial charge in [-0.25, -0.2) is 4.98 Å². The Morgan fingerprint density at radius 3 is 2.54 bits per heavy atom. The summed E-state index contributed by atoms with van der Waals surface area (Å²) in [5, 5.41) is 3.39. The standard InChI is InChI=1S/C21H30N6O/c1-24-11-13-26(14-12-24)16-17-3-5-18(6-4-17)21(28)27-10-7-22-15-19(27)20-23-8-9-25(20)2/h3-6,8-9,19,22H,7,10-16H2,1-2H3. The summed E-state index contributed by atoms with van der Waals surface area (Å²) in [5.41, 5.74) is 2.02. The summed E-state index contributed by atoms with van der Waals surface area (Å²) >= 11 is 0. The van der Waals surface area contributed by atoms with Gasteiger partial charge in [0.15, 0.2) is 0 Å². The Balaban J connectivity index is 1.44. The molecule has 0 saturated carbocycles. The second-order valence-corrected chi connectivity index (χ2v) is 7.89. The van der Waals surface area contributed by atoms with E-state index in [0.29, 0.717) is 6.54 Å². The number of hydrogen-bond acceptors (Lipinski definition) is 5. The normalized spacial score (nSPS) is 21.8. The number of nitrogens with one attached hydrogen (secondary N) is 1. The predicted octanol–water partition coefficient (Wildman–Crippen LogP) is 0.954. The average Bonchev–Trinajstić information content (AvgIpc) is 3.15. The summed E-state index contributed by atoms with van der Waals surface area (Å²) in [6.07, 6.45) is 3.72. The molecule has 150 valence electrons. The van der Waals surface area contributed by atoms with Crippen LogP contribution < -0.4 is 5.32 Å². The van der Waals surface area contributed by atoms with Crippen LogP contribution in [0.15, 0.2) is 36.7 Å². The van der Waals surface area contributed by atoms with E-state index in [1.165, 1.54) is 5.56 Å². The van der Waals surface area contributed by atoms with Gasteiger partial charge < -0.3 is 19.7 Å². The molecule has 0 bridgehead atoms. The van der Waals surface area contributed by atoms with Crippen LogP contribution in [0.1, 0.15) is 27.8 Å². The number of imidazole rings is 1. The molecule has 2 aliphatic rings. The maximum atomic E-state index is 13.2. The molecule has 3 heterocycles. The van der Waals surface area contributed by atoms with Crippen LogP contribution in [0, 0.1) is 0 Å². The van der Waals surface area contributed by atoms with Crippen molar-refractivity contribution in [3.05, 3.63) is 53.6 Å². The fraction of sp³-hybridized carbons (Fsp3) is 0.524. The van der Waals surface area contributed by atoms with Crippen molar-refractivity contribution in [2.75, 3.05) is 52.9 Å². The van der Waals surface area contributed by atoms with Gasteiger partial charge in [0.25, 0.3) is 5.91 Å². The van der Waals surface area contributed by atoms with Gasteiger partial charge in [-0.1, -0.05) is 12.1 Å². The Labute approximate surface area is 166 Å². The van der Waals surface area contributed by atoms with Crippen LogP contribution in [0.3, 0.4) is 0 Å². The monoisotopic (exact) mass is 382 g/mol. The zero-order valence-corrected chi connectivity index (χ0v) is 16.8. The SMILES string of the molecule is CN1CCN(Cc2ccc(C(=O)N3CCNCC3c3nccn3C)cc2)CC1. The zero-order chi connectivity index (χ0) is 19.5. The number of carbonyl (C=O) groups excluding carboxylic acids is 1. The highest BCUT2D eigenvalue weighted by Crippen LogP contribution is 2.23. The minimum atomic E-state index is -0.0359. The first kappa shape index (κ1) is 19.1. The molecule has 2 aromatic rings. The van der Waals surface area contributed by atoms with Crippen LogP contribution in [-0.2, 0) is 13.6 Å². The fourth-order valence-electron chi connectivity index (χ4n) is 4.06. The highest BCUT2D eigenvalue weighted by Gasteiger charge is 2.31. The number of nitrogens with zero attached hydrogens (tertiary/aromatic N) is 5. The maximum Gasteiger partial charge on any atom is 0.254 e. The van der Waals surface area contributed by atoms with Crippen LogP contribution in [0.4, 0.5) is 0 Å². The Hall–Kier alpha value is -2.22. The van der Waals surface area contributed by atoms with E-state index in [1.807, 2.05) is 34.8 Å². The molecule has 2 aliphatic heterocycles. The molecule has 1 amide bonds. The molecule has 7 nitrogen and oxygen atoms in total. The van der Waals surface area contributed by atoms with E-state index in [9.17, 15) is 4.79 Å². The summed E-state index contributed by atoms with van der Waals surface area (Å²) in [5.74, 6) is 1.01. The number of aryl methyl sites for hydroxylation is 1. The van der Waals surface area contributed by atoms with Crippen molar-refractivity contribution < 1.29 is 4.79 Å². The third-order valence-corrected chi connectivity index (χ3v) is 5.86. The number of likely N-dealkylation sites (N-methyl/N-ethyl adjacent to an activating group) is 1. The molecule has 0 radical (unpaired) electrons. The van der Waals surface area contributed by atoms with Crippen molar-refractivity contribution in [3.8, 4) is 0 Å². The number of aromatic nitrogens is 2. The molecular formula is C21H30N6O. The van der Waals surface area contributed by atoms with Gasteiger partial charge in [-0.3, -0.25) is 9.69 Å². The molecule has 1 aromatic heterocycles. The summed E-state index contributed by atoms with van der Waals surface area (Å²) < 4.78 is 2.00. The van der Waals surface area contributed by atoms with E-state index in [1.54, 1.807) is 6.20 Å². The van der Waals surface area contributed by atoms with Crippen molar-refractivity contribution >= 4 is 5.91 Å². The Kier molecular flexibility index (Phi) is 5.75. The number of hydrogen-bond donors (Lipinski definition) is 1. The van der Waals surface area contributed by atoms with Gasteiger partial charge in [-0.2, -0.15) is 0 Å². The first-order valence-electron chi connectivity index (χ1n) is 10.1. The molecule has 1 atom stereocenters. The lowest BCUT2D eigenvalue weighted by Crippen LogP contribution is -2.49. The minimum absolute atomic E-state index is 0.0359. The van der Waals surface area contributed by atoms with Crippen molar-refractivity contribution in [1.29, 1.82) is 0 Å². The third kappa shape index (κ3) is 4.11. The molecule has 28 heavy (non-hydrogen) atoms. The van der Waals surface area contributed by atoms with E-state index in [0.717, 1.165) is 57.2 Å². The predicted molar refractivity (Wildman–Crippen MR) is 109 cm³/mol. The van der Waals surface area contributed by atoms with Crippen LogP contribution >= 0.6 is 0 Å². The summed E-state index contributed by atoms with van der Waals surface area (Å²) in [6, 6.07) is 8.12. The number of carbonyl (C=O) groups is 1. The maximum absolute atomic E-state index is 13.2. The Morgan fingerprint density at radius 2 is 1.86 bits per heavy atom. The molecule has 7 heteroatoms. The van der Waals surface area contributed by atoms with Crippen molar-refractivity contribution in [1.82, 2.24) is 29.6 Å². The van der Waals surface area contributed by atoms with E-state index in [2.05, 4.69) is 39.3 Å². The average molecular weight is 383 g/mol. The van der Waals surface area contributed by atoms with Crippen LogP contribution in [0.2, 0.25) is 0 Å². The third-order valence-electron chi connectivity index (χ3n) is 5.86. The first-order chi connectivity index (χ1) is 13.6. The summed E-state index contributed by atoms with van der Waals surface area (Å²) in [7, 11) is 4.15. The first-order valence-corrected chi connectivity index (χ1v) is 10.1. The number of rotatable bonds is 4. The lowest BCUT2D eigenvalue weighted by Gasteiger charge is -2.36. The molecule has 1 N–H and O–H groups in total. The van der Waals surface area contributed by atoms with Gasteiger partial charge in [0.05, 0.1) is 0 Å². The van der Waals surface area contributed by atoms with E-state index < -0.39 is 0 Å². The van der Waals surface area contributed by atoms with Gasteiger partial charge in [0, 0.05) is 77.4 Å². The lowest BCUT2D eigenvalue weighted by molar-refractivity contribution is 0.0621. The Bertz CT molecular complexity index is 793. The smallest absolute Gasteiger partial charge is 0.254 e. The summed E-state index contributed by atoms with van der Waals surface area (Å²) in [4.78, 5) is 24.5. The highest BCUT2D eigenvalue weighted by atomic mass is 16.2. The fourth-order valence-corrected chi connectivity index (χ4v) is 4.06. The zero-order valence-electron chi connectivity index (χ0n) is 16.8. The molecule has 2 fully saturated rings. The van der Waals surface area contributed by atoms with Gasteiger partial charge in [-0.15, -0.1) is 0 Å². The molecule has 2 saturated heterocycles. The molecular weight excluding hydrogens is 352 g/mol. The van der Waals surface area contributed by atoms with E-state index in [-0.39, 0.29) is 11.9 Å². The molecule has 1 aromatic carbocycles. The lowest BCUT2D eigenvalue weighted by atomic mass is 10.1. The topological polar surface area (TPSA) is 56.6 Å². The molecule has 4 rings (SSSR count). The summed E-state index contributed by atoms with van der Waals surface area (Å²) in [6.45, 7) is 7.63. The molecule has 0 aliphatic carbocycles. The second kappa shape index (κ2) is 8.43. The van der Waals surface area contributed by atoms with Gasteiger partial charge in [0.1, 0.15) is 11.9 Å². The van der Waals surface area contributed by atoms with E-state index >= 15 is 0 Å². The van der Waals surface area contributed by atoms with Crippen LogP contribution in [0.5, 0.6) is 0 Å². The van der Waals surface area contributed by atoms with Crippen molar-refractivity contribution in [2.24, 2.45) is 7.05 Å². The molecule has 1 unspecified atom stereocenters. The van der Waals surface area contributed by atoms with Gasteiger partial charge in [-0.05, 0) is 24.7 Å². The van der Waals surface area contributed by atoms with Crippen molar-refractivity contribution in [3.63, 3.8) is 0 Å². The largest absolute Gasteiger partial charge is 0.336 e. The molecule has 0 spiro atoms. The van der Waals surface area contributed by atoms with Crippen molar-refractivity contribution in [2.45, 2.75) is 12.6 Å².